The highest BCUT2D eigenvalue weighted by Gasteiger charge is 2.71. The molecule has 1 aromatic carbocycles. The number of benzene rings is 1. The van der Waals surface area contributed by atoms with Gasteiger partial charge >= 0.3 is 12.4 Å². The fraction of sp³-hybridized carbons (Fsp3) is 0.538. The predicted molar refractivity (Wildman–Crippen MR) is 69.5 cm³/mol. The monoisotopic (exact) mass is 382 g/mol. The molecule has 0 fully saturated rings. The van der Waals surface area contributed by atoms with Crippen molar-refractivity contribution < 1.29 is 43.3 Å². The van der Waals surface area contributed by atoms with Crippen molar-refractivity contribution in [3.05, 3.63) is 29.8 Å². The van der Waals surface area contributed by atoms with Crippen molar-refractivity contribution in [2.45, 2.75) is 42.7 Å². The van der Waals surface area contributed by atoms with E-state index in [2.05, 4.69) is 4.18 Å². The number of hydrogen-bond acceptors (Lipinski definition) is 3. The molecule has 0 heterocycles. The van der Waals surface area contributed by atoms with Crippen molar-refractivity contribution in [1.29, 1.82) is 0 Å². The molecule has 11 heteroatoms. The molecule has 0 unspecified atom stereocenters. The third kappa shape index (κ3) is 4.59. The molecule has 1 rings (SSSR count). The third-order valence-corrected chi connectivity index (χ3v) is 4.44. The van der Waals surface area contributed by atoms with Crippen molar-refractivity contribution >= 4 is 10.1 Å². The molecule has 0 radical (unpaired) electrons. The Balaban J connectivity index is 2.72. The summed E-state index contributed by atoms with van der Waals surface area (Å²) in [6, 6.07) is 5.18. The van der Waals surface area contributed by atoms with Crippen LogP contribution in [0.25, 0.3) is 0 Å². The van der Waals surface area contributed by atoms with Gasteiger partial charge in [0.05, 0.1) is 11.5 Å². The van der Waals surface area contributed by atoms with Gasteiger partial charge in [0.25, 0.3) is 15.8 Å². The van der Waals surface area contributed by atoms with E-state index < -0.39 is 47.6 Å². The topological polar surface area (TPSA) is 43.4 Å². The molecule has 3 nitrogen and oxygen atoms in total. The molecule has 0 atom stereocenters. The van der Waals surface area contributed by atoms with Crippen LogP contribution in [0, 0.1) is 6.92 Å². The van der Waals surface area contributed by atoms with E-state index in [-0.39, 0.29) is 4.90 Å². The van der Waals surface area contributed by atoms with Crippen LogP contribution >= 0.6 is 0 Å². The second kappa shape index (κ2) is 6.87. The number of alkyl halides is 7. The summed E-state index contributed by atoms with van der Waals surface area (Å²) in [5.41, 5.74) is -4.69. The maximum absolute atomic E-state index is 13.3. The Morgan fingerprint density at radius 2 is 1.38 bits per heavy atom. The smallest absolute Gasteiger partial charge is 0.266 e. The lowest BCUT2D eigenvalue weighted by atomic mass is 9.98. The van der Waals surface area contributed by atoms with Crippen LogP contribution in [0.5, 0.6) is 0 Å². The zero-order chi connectivity index (χ0) is 18.8. The van der Waals surface area contributed by atoms with Gasteiger partial charge in [0.1, 0.15) is 0 Å². The second-order valence-corrected chi connectivity index (χ2v) is 6.60. The molecule has 0 aromatic heterocycles. The molecule has 24 heavy (non-hydrogen) atoms. The summed E-state index contributed by atoms with van der Waals surface area (Å²) in [5, 5.41) is 0. The summed E-state index contributed by atoms with van der Waals surface area (Å²) in [6.07, 6.45) is -15.4. The summed E-state index contributed by atoms with van der Waals surface area (Å²) < 4.78 is 115. The zero-order valence-electron chi connectivity index (χ0n) is 12.2. The van der Waals surface area contributed by atoms with E-state index in [1.54, 1.807) is 6.92 Å². The summed E-state index contributed by atoms with van der Waals surface area (Å²) in [7, 11) is -4.35. The first-order chi connectivity index (χ1) is 10.7. The van der Waals surface area contributed by atoms with Crippen molar-refractivity contribution in [1.82, 2.24) is 0 Å². The van der Waals surface area contributed by atoms with Crippen molar-refractivity contribution in [2.75, 3.05) is 6.61 Å². The van der Waals surface area contributed by atoms with Crippen LogP contribution < -0.4 is 0 Å². The van der Waals surface area contributed by atoms with Crippen LogP contribution in [-0.2, 0) is 14.3 Å². The Bertz CT molecular complexity index is 634. The molecule has 1 aromatic rings. The zero-order valence-corrected chi connectivity index (χ0v) is 13.0. The van der Waals surface area contributed by atoms with Gasteiger partial charge in [-0.3, -0.25) is 4.18 Å². The minimum absolute atomic E-state index is 0.314. The molecule has 0 aliphatic rings. The lowest BCUT2D eigenvalue weighted by Crippen LogP contribution is -2.53. The van der Waals surface area contributed by atoms with E-state index in [9.17, 15) is 39.2 Å². The first-order valence-corrected chi connectivity index (χ1v) is 7.90. The first-order valence-electron chi connectivity index (χ1n) is 6.49. The maximum Gasteiger partial charge on any atom is 0.431 e. The quantitative estimate of drug-likeness (QED) is 0.418. The fourth-order valence-electron chi connectivity index (χ4n) is 1.70. The van der Waals surface area contributed by atoms with Crippen LogP contribution in [0.15, 0.2) is 29.2 Å². The van der Waals surface area contributed by atoms with E-state index >= 15 is 0 Å². The van der Waals surface area contributed by atoms with Gasteiger partial charge < -0.3 is 0 Å². The van der Waals surface area contributed by atoms with Crippen molar-refractivity contribution in [3.63, 3.8) is 0 Å². The normalized spacial score (nSPS) is 14.0. The van der Waals surface area contributed by atoms with Crippen LogP contribution in [-0.4, -0.2) is 33.0 Å². The molecule has 0 bridgehead atoms. The SMILES string of the molecule is Cc1ccc(S(=O)(=O)OCCCC(F)(C(F)(F)F)C(F)(F)F)cc1. The number of aryl methyl sites for hydroxylation is 1. The summed E-state index contributed by atoms with van der Waals surface area (Å²) in [4.78, 5) is -0.314. The van der Waals surface area contributed by atoms with Gasteiger partial charge in [-0.15, -0.1) is 0 Å². The molecule has 0 amide bonds. The second-order valence-electron chi connectivity index (χ2n) is 4.99. The van der Waals surface area contributed by atoms with E-state index in [0.717, 1.165) is 17.7 Å². The van der Waals surface area contributed by atoms with Gasteiger partial charge in [-0.05, 0) is 25.5 Å². The standard InChI is InChI=1S/C13H13F7O3S/c1-9-3-5-10(6-4-9)24(21,22)23-8-2-7-11(14,12(15,16)17)13(18,19)20/h3-6H,2,7-8H2,1H3. The number of rotatable bonds is 6. The molecule has 0 saturated carbocycles. The number of halogens is 7. The molecular formula is C13H13F7O3S. The average Bonchev–Trinajstić information content (AvgIpc) is 2.41. The summed E-state index contributed by atoms with van der Waals surface area (Å²) >= 11 is 0. The molecule has 0 saturated heterocycles. The van der Waals surface area contributed by atoms with Gasteiger partial charge in [-0.1, -0.05) is 17.7 Å². The Morgan fingerprint density at radius 3 is 1.79 bits per heavy atom. The first kappa shape index (κ1) is 20.7. The Morgan fingerprint density at radius 1 is 0.917 bits per heavy atom. The molecule has 0 N–H and O–H groups in total. The Kier molecular flexibility index (Phi) is 5.92. The van der Waals surface area contributed by atoms with Gasteiger partial charge in [0, 0.05) is 6.42 Å². The molecular weight excluding hydrogens is 369 g/mol. The predicted octanol–water partition coefficient (Wildman–Crippen LogP) is 4.31. The molecule has 0 spiro atoms. The van der Waals surface area contributed by atoms with Gasteiger partial charge in [0.15, 0.2) is 0 Å². The highest BCUT2D eigenvalue weighted by molar-refractivity contribution is 7.86. The van der Waals surface area contributed by atoms with Crippen molar-refractivity contribution in [2.24, 2.45) is 0 Å². The van der Waals surface area contributed by atoms with E-state index in [1.807, 2.05) is 0 Å². The minimum Gasteiger partial charge on any atom is -0.266 e. The van der Waals surface area contributed by atoms with Crippen LogP contribution in [0.1, 0.15) is 18.4 Å². The van der Waals surface area contributed by atoms with Gasteiger partial charge in [-0.25, -0.2) is 4.39 Å². The van der Waals surface area contributed by atoms with Crippen molar-refractivity contribution in [3.8, 4) is 0 Å². The minimum atomic E-state index is -6.17. The van der Waals surface area contributed by atoms with Crippen LogP contribution in [0.4, 0.5) is 30.7 Å². The highest BCUT2D eigenvalue weighted by atomic mass is 32.2. The fourth-order valence-corrected chi connectivity index (χ4v) is 2.64. The lowest BCUT2D eigenvalue weighted by Gasteiger charge is -2.29. The third-order valence-electron chi connectivity index (χ3n) is 3.11. The maximum atomic E-state index is 13.3. The molecule has 0 aliphatic carbocycles. The molecule has 0 aliphatic heterocycles. The molecule has 138 valence electrons. The Hall–Kier alpha value is -1.36. The van der Waals surface area contributed by atoms with Gasteiger partial charge in [-0.2, -0.15) is 34.8 Å². The summed E-state index contributed by atoms with van der Waals surface area (Å²) in [6.45, 7) is 0.653. The highest BCUT2D eigenvalue weighted by Crippen LogP contribution is 2.48. The van der Waals surface area contributed by atoms with Crippen LogP contribution in [0.3, 0.4) is 0 Å². The largest absolute Gasteiger partial charge is 0.431 e. The van der Waals surface area contributed by atoms with E-state index in [0.29, 0.717) is 0 Å². The Labute approximate surface area is 133 Å². The number of hydrogen-bond donors (Lipinski definition) is 0. The van der Waals surface area contributed by atoms with Gasteiger partial charge in [0.2, 0.25) is 0 Å². The summed E-state index contributed by atoms with van der Waals surface area (Å²) in [5.74, 6) is 0. The lowest BCUT2D eigenvalue weighted by molar-refractivity contribution is -0.343. The average molecular weight is 382 g/mol. The van der Waals surface area contributed by atoms with E-state index in [1.165, 1.54) is 12.1 Å². The van der Waals surface area contributed by atoms with E-state index in [4.69, 9.17) is 0 Å². The van der Waals surface area contributed by atoms with Crippen LogP contribution in [0.2, 0.25) is 0 Å².